The van der Waals surface area contributed by atoms with Crippen LogP contribution in [-0.4, -0.2) is 61.2 Å². The molecule has 1 aliphatic rings. The van der Waals surface area contributed by atoms with Gasteiger partial charge in [0.2, 0.25) is 10.0 Å². The molecule has 0 bridgehead atoms. The molecule has 8 heteroatoms. The molecule has 2 heterocycles. The number of rotatable bonds is 5. The lowest BCUT2D eigenvalue weighted by atomic mass is 10.2. The molecule has 0 spiro atoms. The van der Waals surface area contributed by atoms with Crippen LogP contribution < -0.4 is 4.90 Å². The van der Waals surface area contributed by atoms with E-state index < -0.39 is 10.0 Å². The maximum Gasteiger partial charge on any atom is 0.213 e. The summed E-state index contributed by atoms with van der Waals surface area (Å²) < 4.78 is 30.5. The van der Waals surface area contributed by atoms with Gasteiger partial charge in [-0.25, -0.2) is 18.4 Å². The van der Waals surface area contributed by atoms with E-state index in [4.69, 9.17) is 4.74 Å². The number of aromatic nitrogens is 2. The molecule has 1 saturated heterocycles. The van der Waals surface area contributed by atoms with E-state index in [0.29, 0.717) is 32.1 Å². The summed E-state index contributed by atoms with van der Waals surface area (Å²) in [6.07, 6.45) is 1.71. The summed E-state index contributed by atoms with van der Waals surface area (Å²) in [5, 5.41) is 0. The maximum absolute atomic E-state index is 11.9. The van der Waals surface area contributed by atoms with E-state index in [2.05, 4.69) is 14.9 Å². The third-order valence-electron chi connectivity index (χ3n) is 3.61. The number of nitrogens with zero attached hydrogens (tertiary/aromatic N) is 4. The van der Waals surface area contributed by atoms with Crippen LogP contribution in [-0.2, 0) is 21.4 Å². The summed E-state index contributed by atoms with van der Waals surface area (Å²) in [4.78, 5) is 10.7. The van der Waals surface area contributed by atoms with Gasteiger partial charge in [0.15, 0.2) is 5.82 Å². The molecule has 0 aromatic carbocycles. The van der Waals surface area contributed by atoms with Gasteiger partial charge in [0.25, 0.3) is 0 Å². The largest absolute Gasteiger partial charge is 0.377 e. The highest BCUT2D eigenvalue weighted by atomic mass is 32.2. The zero-order valence-corrected chi connectivity index (χ0v) is 13.5. The van der Waals surface area contributed by atoms with Gasteiger partial charge in [0.05, 0.1) is 5.75 Å². The summed E-state index contributed by atoms with van der Waals surface area (Å²) in [5.41, 5.74) is 0. The molecular formula is C13H22N4O3S. The van der Waals surface area contributed by atoms with Gasteiger partial charge in [-0.2, -0.15) is 4.31 Å². The number of methoxy groups -OCH3 is 1. The molecular weight excluding hydrogens is 292 g/mol. The molecule has 0 saturated carbocycles. The Kier molecular flexibility index (Phi) is 5.13. The molecule has 2 rings (SSSR count). The third-order valence-corrected chi connectivity index (χ3v) is 5.45. The van der Waals surface area contributed by atoms with Crippen molar-refractivity contribution in [1.29, 1.82) is 0 Å². The Morgan fingerprint density at radius 2 is 2.19 bits per heavy atom. The number of sulfonamides is 1. The van der Waals surface area contributed by atoms with Crippen molar-refractivity contribution in [2.24, 2.45) is 0 Å². The van der Waals surface area contributed by atoms with Crippen LogP contribution in [0, 0.1) is 0 Å². The minimum absolute atomic E-state index is 0.0744. The lowest BCUT2D eigenvalue weighted by Gasteiger charge is -2.39. The number of hydrogen-bond donors (Lipinski definition) is 0. The molecule has 0 amide bonds. The number of hydrogen-bond acceptors (Lipinski definition) is 6. The molecule has 118 valence electrons. The number of anilines is 1. The normalized spacial score (nSPS) is 20.7. The van der Waals surface area contributed by atoms with Crippen molar-refractivity contribution < 1.29 is 13.2 Å². The average molecular weight is 314 g/mol. The van der Waals surface area contributed by atoms with Gasteiger partial charge in [-0.05, 0) is 19.9 Å². The van der Waals surface area contributed by atoms with Crippen molar-refractivity contribution in [2.75, 3.05) is 37.4 Å². The topological polar surface area (TPSA) is 75.6 Å². The second-order valence-electron chi connectivity index (χ2n) is 5.07. The smallest absolute Gasteiger partial charge is 0.213 e. The molecule has 1 aromatic heterocycles. The Bertz CT molecular complexity index is 579. The summed E-state index contributed by atoms with van der Waals surface area (Å²) >= 11 is 0. The van der Waals surface area contributed by atoms with Crippen molar-refractivity contribution in [3.63, 3.8) is 0 Å². The Morgan fingerprint density at radius 1 is 1.43 bits per heavy atom. The minimum Gasteiger partial charge on any atom is -0.377 e. The molecule has 21 heavy (non-hydrogen) atoms. The average Bonchev–Trinajstić information content (AvgIpc) is 2.47. The van der Waals surface area contributed by atoms with Crippen molar-refractivity contribution in [3.05, 3.63) is 18.1 Å². The molecule has 1 aromatic rings. The second-order valence-corrected chi connectivity index (χ2v) is 7.32. The van der Waals surface area contributed by atoms with E-state index in [-0.39, 0.29) is 11.8 Å². The molecule has 1 fully saturated rings. The monoisotopic (exact) mass is 314 g/mol. The lowest BCUT2D eigenvalue weighted by Crippen LogP contribution is -2.54. The van der Waals surface area contributed by atoms with Crippen LogP contribution in [0.15, 0.2) is 12.3 Å². The Hall–Kier alpha value is -1.25. The van der Waals surface area contributed by atoms with Crippen molar-refractivity contribution in [2.45, 2.75) is 26.5 Å². The Morgan fingerprint density at radius 3 is 2.81 bits per heavy atom. The standard InChI is InChI=1S/C13H22N4O3S/c1-4-21(18,19)16-7-8-17(11(2)9-16)13-5-6-14-12(15-13)10-20-3/h5-6,11H,4,7-10H2,1-3H3/t11-/m1/s1. The lowest BCUT2D eigenvalue weighted by molar-refractivity contribution is 0.177. The first-order valence-electron chi connectivity index (χ1n) is 7.03. The Labute approximate surface area is 126 Å². The molecule has 0 radical (unpaired) electrons. The fraction of sp³-hybridized carbons (Fsp3) is 0.692. The Balaban J connectivity index is 2.12. The van der Waals surface area contributed by atoms with Gasteiger partial charge in [0, 0.05) is 39.0 Å². The quantitative estimate of drug-likeness (QED) is 0.787. The SMILES string of the molecule is CCS(=O)(=O)N1CCN(c2ccnc(COC)n2)[C@H](C)C1. The van der Waals surface area contributed by atoms with E-state index in [0.717, 1.165) is 5.82 Å². The first-order chi connectivity index (χ1) is 9.97. The predicted molar refractivity (Wildman–Crippen MR) is 80.6 cm³/mol. The maximum atomic E-state index is 11.9. The van der Waals surface area contributed by atoms with Gasteiger partial charge >= 0.3 is 0 Å². The number of piperazine rings is 1. The van der Waals surface area contributed by atoms with E-state index in [1.807, 2.05) is 13.0 Å². The highest BCUT2D eigenvalue weighted by molar-refractivity contribution is 7.89. The molecule has 0 aliphatic carbocycles. The van der Waals surface area contributed by atoms with Crippen LogP contribution in [0.1, 0.15) is 19.7 Å². The fourth-order valence-electron chi connectivity index (χ4n) is 2.45. The summed E-state index contributed by atoms with van der Waals surface area (Å²) in [5.74, 6) is 1.59. The van der Waals surface area contributed by atoms with Crippen LogP contribution in [0.5, 0.6) is 0 Å². The van der Waals surface area contributed by atoms with Gasteiger partial charge < -0.3 is 9.64 Å². The molecule has 1 atom stereocenters. The van der Waals surface area contributed by atoms with E-state index in [1.54, 1.807) is 24.5 Å². The number of ether oxygens (including phenoxy) is 1. The first-order valence-corrected chi connectivity index (χ1v) is 8.64. The van der Waals surface area contributed by atoms with Crippen LogP contribution in [0.2, 0.25) is 0 Å². The van der Waals surface area contributed by atoms with Crippen molar-refractivity contribution in [1.82, 2.24) is 14.3 Å². The highest BCUT2D eigenvalue weighted by Crippen LogP contribution is 2.20. The van der Waals surface area contributed by atoms with Crippen molar-refractivity contribution >= 4 is 15.8 Å². The summed E-state index contributed by atoms with van der Waals surface area (Å²) in [6.45, 7) is 5.66. The van der Waals surface area contributed by atoms with E-state index >= 15 is 0 Å². The molecule has 1 aliphatic heterocycles. The van der Waals surface area contributed by atoms with E-state index in [9.17, 15) is 8.42 Å². The molecule has 0 unspecified atom stereocenters. The fourth-order valence-corrected chi connectivity index (χ4v) is 3.61. The van der Waals surface area contributed by atoms with Crippen molar-refractivity contribution in [3.8, 4) is 0 Å². The first kappa shape index (κ1) is 16.1. The summed E-state index contributed by atoms with van der Waals surface area (Å²) in [7, 11) is -1.52. The minimum atomic E-state index is -3.12. The van der Waals surface area contributed by atoms with Gasteiger partial charge in [-0.1, -0.05) is 0 Å². The zero-order valence-electron chi connectivity index (χ0n) is 12.7. The predicted octanol–water partition coefficient (Wildman–Crippen LogP) is 0.483. The highest BCUT2D eigenvalue weighted by Gasteiger charge is 2.30. The zero-order chi connectivity index (χ0) is 15.5. The summed E-state index contributed by atoms with van der Waals surface area (Å²) in [6, 6.07) is 1.92. The van der Waals surface area contributed by atoms with Gasteiger partial charge in [-0.3, -0.25) is 0 Å². The van der Waals surface area contributed by atoms with Crippen LogP contribution in [0.4, 0.5) is 5.82 Å². The second kappa shape index (κ2) is 6.67. The van der Waals surface area contributed by atoms with Gasteiger partial charge in [-0.15, -0.1) is 0 Å². The van der Waals surface area contributed by atoms with Gasteiger partial charge in [0.1, 0.15) is 12.4 Å². The van der Waals surface area contributed by atoms with Crippen LogP contribution in [0.25, 0.3) is 0 Å². The molecule has 0 N–H and O–H groups in total. The molecule has 7 nitrogen and oxygen atoms in total. The van der Waals surface area contributed by atoms with E-state index in [1.165, 1.54) is 0 Å². The third kappa shape index (κ3) is 3.69. The van der Waals surface area contributed by atoms with Crippen LogP contribution >= 0.6 is 0 Å². The van der Waals surface area contributed by atoms with Crippen LogP contribution in [0.3, 0.4) is 0 Å².